The van der Waals surface area contributed by atoms with Gasteiger partial charge in [-0.15, -0.1) is 0 Å². The summed E-state index contributed by atoms with van der Waals surface area (Å²) in [6, 6.07) is 0.641. The lowest BCUT2D eigenvalue weighted by Crippen LogP contribution is -2.43. The maximum absolute atomic E-state index is 11.7. The van der Waals surface area contributed by atoms with Crippen molar-refractivity contribution in [2.75, 3.05) is 6.54 Å². The number of hydrogen-bond donors (Lipinski definition) is 3. The SMILES string of the molecule is O=C(CCCNC(=O)NC1CCCCC1)NC1CCCC1. The Morgan fingerprint density at radius 2 is 1.38 bits per heavy atom. The minimum Gasteiger partial charge on any atom is -0.353 e. The largest absolute Gasteiger partial charge is 0.353 e. The third-order valence-corrected chi connectivity index (χ3v) is 4.53. The molecular weight excluding hydrogens is 266 g/mol. The molecule has 120 valence electrons. The molecule has 0 atom stereocenters. The third kappa shape index (κ3) is 6.36. The highest BCUT2D eigenvalue weighted by molar-refractivity contribution is 5.76. The van der Waals surface area contributed by atoms with Gasteiger partial charge in [0.1, 0.15) is 0 Å². The molecule has 3 amide bonds. The van der Waals surface area contributed by atoms with E-state index in [1.807, 2.05) is 0 Å². The molecule has 0 aliphatic heterocycles. The fourth-order valence-corrected chi connectivity index (χ4v) is 3.30. The summed E-state index contributed by atoms with van der Waals surface area (Å²) in [6.45, 7) is 0.566. The monoisotopic (exact) mass is 295 g/mol. The molecule has 2 aliphatic carbocycles. The van der Waals surface area contributed by atoms with Crippen molar-refractivity contribution in [1.82, 2.24) is 16.0 Å². The second-order valence-corrected chi connectivity index (χ2v) is 6.39. The zero-order chi connectivity index (χ0) is 14.9. The fourth-order valence-electron chi connectivity index (χ4n) is 3.30. The Labute approximate surface area is 127 Å². The van der Waals surface area contributed by atoms with E-state index >= 15 is 0 Å². The number of amides is 3. The Balaban J connectivity index is 1.48. The molecule has 0 aromatic carbocycles. The van der Waals surface area contributed by atoms with Gasteiger partial charge in [-0.1, -0.05) is 32.1 Å². The van der Waals surface area contributed by atoms with Crippen molar-refractivity contribution in [3.05, 3.63) is 0 Å². The van der Waals surface area contributed by atoms with Crippen LogP contribution < -0.4 is 16.0 Å². The number of carbonyl (C=O) groups is 2. The predicted molar refractivity (Wildman–Crippen MR) is 83.0 cm³/mol. The van der Waals surface area contributed by atoms with Crippen LogP contribution in [0, 0.1) is 0 Å². The van der Waals surface area contributed by atoms with E-state index in [9.17, 15) is 9.59 Å². The van der Waals surface area contributed by atoms with E-state index in [-0.39, 0.29) is 11.9 Å². The molecule has 5 nitrogen and oxygen atoms in total. The molecule has 2 aliphatic rings. The highest BCUT2D eigenvalue weighted by Crippen LogP contribution is 2.18. The van der Waals surface area contributed by atoms with Crippen LogP contribution in [0.25, 0.3) is 0 Å². The molecule has 2 fully saturated rings. The molecule has 2 rings (SSSR count). The number of hydrogen-bond acceptors (Lipinski definition) is 2. The first-order valence-corrected chi connectivity index (χ1v) is 8.58. The maximum Gasteiger partial charge on any atom is 0.315 e. The second-order valence-electron chi connectivity index (χ2n) is 6.39. The van der Waals surface area contributed by atoms with Crippen LogP contribution in [-0.4, -0.2) is 30.6 Å². The van der Waals surface area contributed by atoms with Crippen LogP contribution in [0.4, 0.5) is 4.79 Å². The fraction of sp³-hybridized carbons (Fsp3) is 0.875. The minimum absolute atomic E-state index is 0.0851. The van der Waals surface area contributed by atoms with E-state index in [0.29, 0.717) is 31.5 Å². The summed E-state index contributed by atoms with van der Waals surface area (Å²) in [5, 5.41) is 8.93. The van der Waals surface area contributed by atoms with Gasteiger partial charge >= 0.3 is 6.03 Å². The van der Waals surface area contributed by atoms with E-state index < -0.39 is 0 Å². The standard InChI is InChI=1S/C16H29N3O2/c20-15(18-13-9-4-5-10-13)11-6-12-17-16(21)19-14-7-2-1-3-8-14/h13-14H,1-12H2,(H,18,20)(H2,17,19,21). The van der Waals surface area contributed by atoms with Gasteiger partial charge in [0.05, 0.1) is 0 Å². The third-order valence-electron chi connectivity index (χ3n) is 4.53. The average molecular weight is 295 g/mol. The van der Waals surface area contributed by atoms with Crippen LogP contribution in [0.15, 0.2) is 0 Å². The summed E-state index contributed by atoms with van der Waals surface area (Å²) in [4.78, 5) is 23.4. The van der Waals surface area contributed by atoms with Crippen molar-refractivity contribution in [1.29, 1.82) is 0 Å². The summed E-state index contributed by atoms with van der Waals surface area (Å²) in [7, 11) is 0. The molecule has 0 radical (unpaired) electrons. The first kappa shape index (κ1) is 16.1. The van der Waals surface area contributed by atoms with E-state index in [0.717, 1.165) is 25.7 Å². The molecule has 21 heavy (non-hydrogen) atoms. The summed E-state index contributed by atoms with van der Waals surface area (Å²) in [5.74, 6) is 0.122. The quantitative estimate of drug-likeness (QED) is 0.659. The number of carbonyl (C=O) groups excluding carboxylic acids is 2. The van der Waals surface area contributed by atoms with Gasteiger partial charge in [0.25, 0.3) is 0 Å². The Morgan fingerprint density at radius 1 is 0.810 bits per heavy atom. The van der Waals surface area contributed by atoms with Crippen molar-refractivity contribution < 1.29 is 9.59 Å². The molecule has 0 aromatic heterocycles. The highest BCUT2D eigenvalue weighted by atomic mass is 16.2. The summed E-state index contributed by atoms with van der Waals surface area (Å²) < 4.78 is 0. The van der Waals surface area contributed by atoms with Gasteiger partial charge in [0.15, 0.2) is 0 Å². The zero-order valence-electron chi connectivity index (χ0n) is 13.0. The molecule has 0 saturated heterocycles. The van der Waals surface area contributed by atoms with Crippen LogP contribution in [-0.2, 0) is 4.79 Å². The Bertz CT molecular complexity index is 334. The normalized spacial score (nSPS) is 20.2. The number of rotatable bonds is 6. The van der Waals surface area contributed by atoms with Crippen molar-refractivity contribution in [2.24, 2.45) is 0 Å². The van der Waals surface area contributed by atoms with E-state index in [1.54, 1.807) is 0 Å². The first-order valence-electron chi connectivity index (χ1n) is 8.58. The van der Waals surface area contributed by atoms with Crippen LogP contribution in [0.2, 0.25) is 0 Å². The molecule has 0 spiro atoms. The van der Waals surface area contributed by atoms with Gasteiger partial charge in [0, 0.05) is 25.0 Å². The topological polar surface area (TPSA) is 70.2 Å². The first-order chi connectivity index (χ1) is 10.2. The predicted octanol–water partition coefficient (Wildman–Crippen LogP) is 2.46. The van der Waals surface area contributed by atoms with E-state index in [2.05, 4.69) is 16.0 Å². The Kier molecular flexibility index (Phi) is 6.83. The Morgan fingerprint density at radius 3 is 2.05 bits per heavy atom. The van der Waals surface area contributed by atoms with Crippen LogP contribution in [0.5, 0.6) is 0 Å². The zero-order valence-corrected chi connectivity index (χ0v) is 13.0. The van der Waals surface area contributed by atoms with Gasteiger partial charge in [-0.2, -0.15) is 0 Å². The summed E-state index contributed by atoms with van der Waals surface area (Å²) in [6.07, 6.45) is 11.8. The second kappa shape index (κ2) is 8.90. The number of urea groups is 1. The molecule has 3 N–H and O–H groups in total. The van der Waals surface area contributed by atoms with Crippen molar-refractivity contribution in [3.63, 3.8) is 0 Å². The van der Waals surface area contributed by atoms with E-state index in [4.69, 9.17) is 0 Å². The van der Waals surface area contributed by atoms with Gasteiger partial charge in [-0.05, 0) is 32.1 Å². The van der Waals surface area contributed by atoms with Crippen molar-refractivity contribution in [2.45, 2.75) is 82.7 Å². The van der Waals surface area contributed by atoms with Gasteiger partial charge in [0.2, 0.25) is 5.91 Å². The lowest BCUT2D eigenvalue weighted by atomic mass is 9.96. The smallest absolute Gasteiger partial charge is 0.315 e. The molecule has 0 unspecified atom stereocenters. The average Bonchev–Trinajstić information content (AvgIpc) is 2.97. The van der Waals surface area contributed by atoms with Crippen LogP contribution >= 0.6 is 0 Å². The van der Waals surface area contributed by atoms with Gasteiger partial charge in [-0.25, -0.2) is 4.79 Å². The van der Waals surface area contributed by atoms with Gasteiger partial charge in [-0.3, -0.25) is 4.79 Å². The molecular formula is C16H29N3O2. The Hall–Kier alpha value is -1.26. The van der Waals surface area contributed by atoms with Crippen LogP contribution in [0.1, 0.15) is 70.6 Å². The molecule has 0 heterocycles. The number of nitrogens with one attached hydrogen (secondary N) is 3. The molecule has 2 saturated carbocycles. The van der Waals surface area contributed by atoms with Crippen molar-refractivity contribution >= 4 is 11.9 Å². The minimum atomic E-state index is -0.0851. The van der Waals surface area contributed by atoms with E-state index in [1.165, 1.54) is 32.1 Å². The lowest BCUT2D eigenvalue weighted by molar-refractivity contribution is -0.121. The van der Waals surface area contributed by atoms with Crippen LogP contribution in [0.3, 0.4) is 0 Å². The highest BCUT2D eigenvalue weighted by Gasteiger charge is 2.17. The summed E-state index contributed by atoms with van der Waals surface area (Å²) in [5.41, 5.74) is 0. The van der Waals surface area contributed by atoms with Crippen molar-refractivity contribution in [3.8, 4) is 0 Å². The molecule has 5 heteroatoms. The van der Waals surface area contributed by atoms with Gasteiger partial charge < -0.3 is 16.0 Å². The maximum atomic E-state index is 11.7. The molecule has 0 aromatic rings. The molecule has 0 bridgehead atoms. The summed E-state index contributed by atoms with van der Waals surface area (Å²) >= 11 is 0. The lowest BCUT2D eigenvalue weighted by Gasteiger charge is -2.22.